The van der Waals surface area contributed by atoms with Crippen LogP contribution in [0, 0.1) is 0 Å². The molecule has 1 aliphatic carbocycles. The average molecular weight is 375 g/mol. The van der Waals surface area contributed by atoms with Crippen LogP contribution in [0.3, 0.4) is 0 Å². The summed E-state index contributed by atoms with van der Waals surface area (Å²) >= 11 is 0. The van der Waals surface area contributed by atoms with E-state index in [1.165, 1.54) is 0 Å². The number of hydrogen-bond donors (Lipinski definition) is 1. The molecule has 1 saturated carbocycles. The number of hydrogen-bond acceptors (Lipinski definition) is 5. The Hall–Kier alpha value is -2.01. The van der Waals surface area contributed by atoms with Crippen molar-refractivity contribution in [2.24, 2.45) is 0 Å². The van der Waals surface area contributed by atoms with Crippen molar-refractivity contribution in [2.45, 2.75) is 49.3 Å². The molecule has 0 radical (unpaired) electrons. The van der Waals surface area contributed by atoms with Crippen molar-refractivity contribution >= 4 is 10.0 Å². The standard InChI is InChI=1S/C14H16F3N5O2S/c15-14(16,17)10-4-3-7-12(8-10)25(23,24)18-9-13-19-20-21-22(13)11-5-1-2-6-11/h3-4,7-8,11,18H,1-2,5-6,9H2. The molecule has 0 amide bonds. The number of sulfonamides is 1. The quantitative estimate of drug-likeness (QED) is 0.866. The van der Waals surface area contributed by atoms with E-state index in [1.54, 1.807) is 4.68 Å². The molecule has 0 bridgehead atoms. The van der Waals surface area contributed by atoms with Crippen molar-refractivity contribution < 1.29 is 21.6 Å². The van der Waals surface area contributed by atoms with E-state index >= 15 is 0 Å². The molecular formula is C14H16F3N5O2S. The first-order chi connectivity index (χ1) is 11.8. The molecule has 1 aromatic carbocycles. The fraction of sp³-hybridized carbons (Fsp3) is 0.500. The van der Waals surface area contributed by atoms with Crippen LogP contribution >= 0.6 is 0 Å². The minimum Gasteiger partial charge on any atom is -0.225 e. The molecule has 2 aromatic rings. The first-order valence-electron chi connectivity index (χ1n) is 7.71. The zero-order valence-electron chi connectivity index (χ0n) is 13.1. The van der Waals surface area contributed by atoms with Gasteiger partial charge in [0.05, 0.1) is 23.0 Å². The Morgan fingerprint density at radius 2 is 1.96 bits per heavy atom. The topological polar surface area (TPSA) is 89.8 Å². The molecule has 3 rings (SSSR count). The van der Waals surface area contributed by atoms with Gasteiger partial charge in [0.2, 0.25) is 10.0 Å². The van der Waals surface area contributed by atoms with Gasteiger partial charge in [0.15, 0.2) is 5.82 Å². The van der Waals surface area contributed by atoms with Gasteiger partial charge in [0.1, 0.15) is 0 Å². The Bertz CT molecular complexity index is 844. The zero-order valence-corrected chi connectivity index (χ0v) is 13.9. The monoisotopic (exact) mass is 375 g/mol. The van der Waals surface area contributed by atoms with Crippen molar-refractivity contribution in [3.63, 3.8) is 0 Å². The van der Waals surface area contributed by atoms with Crippen LogP contribution in [0.4, 0.5) is 13.2 Å². The molecule has 1 N–H and O–H groups in total. The number of nitrogens with zero attached hydrogens (tertiary/aromatic N) is 4. The highest BCUT2D eigenvalue weighted by atomic mass is 32.2. The SMILES string of the molecule is O=S(=O)(NCc1nnnn1C1CCCC1)c1cccc(C(F)(F)F)c1. The van der Waals surface area contributed by atoms with Crippen molar-refractivity contribution in [1.82, 2.24) is 24.9 Å². The average Bonchev–Trinajstić information content (AvgIpc) is 3.23. The minimum absolute atomic E-state index is 0.128. The molecule has 1 fully saturated rings. The number of alkyl halides is 3. The van der Waals surface area contributed by atoms with Gasteiger partial charge in [0, 0.05) is 0 Å². The van der Waals surface area contributed by atoms with E-state index in [4.69, 9.17) is 0 Å². The van der Waals surface area contributed by atoms with E-state index in [0.29, 0.717) is 11.9 Å². The van der Waals surface area contributed by atoms with Gasteiger partial charge >= 0.3 is 6.18 Å². The van der Waals surface area contributed by atoms with Gasteiger partial charge in [-0.2, -0.15) is 13.2 Å². The fourth-order valence-corrected chi connectivity index (χ4v) is 3.87. The maximum Gasteiger partial charge on any atom is 0.416 e. The van der Waals surface area contributed by atoms with Crippen molar-refractivity contribution in [3.05, 3.63) is 35.7 Å². The van der Waals surface area contributed by atoms with Crippen LogP contribution in [0.15, 0.2) is 29.2 Å². The molecule has 7 nitrogen and oxygen atoms in total. The summed E-state index contributed by atoms with van der Waals surface area (Å²) in [7, 11) is -4.12. The van der Waals surface area contributed by atoms with Gasteiger partial charge in [0.25, 0.3) is 0 Å². The lowest BCUT2D eigenvalue weighted by Crippen LogP contribution is -2.26. The van der Waals surface area contributed by atoms with Crippen molar-refractivity contribution in [2.75, 3.05) is 0 Å². The predicted molar refractivity (Wildman–Crippen MR) is 80.8 cm³/mol. The summed E-state index contributed by atoms with van der Waals surface area (Å²) in [5.74, 6) is 0.336. The van der Waals surface area contributed by atoms with Crippen LogP contribution in [-0.4, -0.2) is 28.6 Å². The summed E-state index contributed by atoms with van der Waals surface area (Å²) in [5.41, 5.74) is -1.02. The molecule has 25 heavy (non-hydrogen) atoms. The second kappa shape index (κ2) is 6.71. The molecular weight excluding hydrogens is 359 g/mol. The van der Waals surface area contributed by atoms with Crippen LogP contribution < -0.4 is 4.72 Å². The van der Waals surface area contributed by atoms with E-state index in [9.17, 15) is 21.6 Å². The smallest absolute Gasteiger partial charge is 0.225 e. The molecule has 0 saturated heterocycles. The number of halogens is 3. The minimum atomic E-state index is -4.61. The van der Waals surface area contributed by atoms with Gasteiger partial charge in [-0.25, -0.2) is 17.8 Å². The Morgan fingerprint density at radius 1 is 1.24 bits per heavy atom. The highest BCUT2D eigenvalue weighted by molar-refractivity contribution is 7.89. The third kappa shape index (κ3) is 3.98. The zero-order chi connectivity index (χ0) is 18.1. The predicted octanol–water partition coefficient (Wildman–Crippen LogP) is 2.29. The van der Waals surface area contributed by atoms with E-state index in [0.717, 1.165) is 43.9 Å². The molecule has 0 aliphatic heterocycles. The summed E-state index contributed by atoms with van der Waals surface area (Å²) in [6.07, 6.45) is -0.672. The molecule has 0 spiro atoms. The molecule has 11 heteroatoms. The normalized spacial score (nSPS) is 16.4. The third-order valence-electron chi connectivity index (χ3n) is 4.12. The van der Waals surface area contributed by atoms with Crippen LogP contribution in [0.25, 0.3) is 0 Å². The van der Waals surface area contributed by atoms with Crippen LogP contribution in [0.2, 0.25) is 0 Å². The first-order valence-corrected chi connectivity index (χ1v) is 9.19. The van der Waals surface area contributed by atoms with Gasteiger partial charge in [-0.05, 0) is 41.5 Å². The summed E-state index contributed by atoms with van der Waals surface area (Å²) in [5, 5.41) is 11.3. The molecule has 1 aromatic heterocycles. The number of tetrazole rings is 1. The molecule has 0 atom stereocenters. The Balaban J connectivity index is 1.76. The molecule has 136 valence electrons. The summed E-state index contributed by atoms with van der Waals surface area (Å²) in [6, 6.07) is 3.71. The molecule has 1 aliphatic rings. The molecule has 0 unspecified atom stereocenters. The molecule has 1 heterocycles. The summed E-state index contributed by atoms with van der Waals surface area (Å²) < 4.78 is 66.6. The Labute approximate surface area is 142 Å². The van der Waals surface area contributed by atoms with E-state index in [2.05, 4.69) is 20.2 Å². The summed E-state index contributed by atoms with van der Waals surface area (Å²) in [4.78, 5) is -0.456. The fourth-order valence-electron chi connectivity index (χ4n) is 2.84. The second-order valence-electron chi connectivity index (χ2n) is 5.83. The highest BCUT2D eigenvalue weighted by Crippen LogP contribution is 2.31. The van der Waals surface area contributed by atoms with Crippen molar-refractivity contribution in [1.29, 1.82) is 0 Å². The number of rotatable bonds is 5. The van der Waals surface area contributed by atoms with Crippen LogP contribution in [0.5, 0.6) is 0 Å². The Morgan fingerprint density at radius 3 is 2.64 bits per heavy atom. The van der Waals surface area contributed by atoms with E-state index in [-0.39, 0.29) is 12.6 Å². The number of aromatic nitrogens is 4. The first kappa shape index (κ1) is 17.8. The largest absolute Gasteiger partial charge is 0.416 e. The van der Waals surface area contributed by atoms with Gasteiger partial charge in [-0.1, -0.05) is 18.9 Å². The maximum absolute atomic E-state index is 12.7. The third-order valence-corrected chi connectivity index (χ3v) is 5.52. The van der Waals surface area contributed by atoms with Crippen LogP contribution in [-0.2, 0) is 22.7 Å². The number of nitrogens with one attached hydrogen (secondary N) is 1. The lowest BCUT2D eigenvalue weighted by atomic mass is 10.2. The lowest BCUT2D eigenvalue weighted by Gasteiger charge is -2.12. The van der Waals surface area contributed by atoms with Gasteiger partial charge in [-0.3, -0.25) is 0 Å². The van der Waals surface area contributed by atoms with Gasteiger partial charge in [-0.15, -0.1) is 5.10 Å². The van der Waals surface area contributed by atoms with E-state index < -0.39 is 26.7 Å². The Kier molecular flexibility index (Phi) is 4.78. The highest BCUT2D eigenvalue weighted by Gasteiger charge is 2.31. The summed E-state index contributed by atoms with van der Waals surface area (Å²) in [6.45, 7) is -0.192. The second-order valence-corrected chi connectivity index (χ2v) is 7.60. The lowest BCUT2D eigenvalue weighted by molar-refractivity contribution is -0.137. The maximum atomic E-state index is 12.7. The van der Waals surface area contributed by atoms with E-state index in [1.807, 2.05) is 0 Å². The van der Waals surface area contributed by atoms with Crippen molar-refractivity contribution in [3.8, 4) is 0 Å². The number of benzene rings is 1. The van der Waals surface area contributed by atoms with Crippen LogP contribution in [0.1, 0.15) is 43.1 Å². The van der Waals surface area contributed by atoms with Gasteiger partial charge < -0.3 is 0 Å².